The van der Waals surface area contributed by atoms with Crippen molar-refractivity contribution in [2.24, 2.45) is 0 Å². The number of sulfonamides is 1. The van der Waals surface area contributed by atoms with Crippen LogP contribution >= 0.6 is 0 Å². The number of benzene rings is 1. The van der Waals surface area contributed by atoms with E-state index in [0.717, 1.165) is 0 Å². The zero-order valence-corrected chi connectivity index (χ0v) is 10.9. The zero-order valence-electron chi connectivity index (χ0n) is 10.1. The molecular formula is C10H9F2N3O4S. The molecule has 108 valence electrons. The third kappa shape index (κ3) is 3.46. The van der Waals surface area contributed by atoms with Crippen molar-refractivity contribution in [3.8, 4) is 6.07 Å². The van der Waals surface area contributed by atoms with Gasteiger partial charge in [-0.25, -0.2) is 17.5 Å². The average Bonchev–Trinajstić information content (AvgIpc) is 2.27. The first-order valence-electron chi connectivity index (χ1n) is 5.21. The van der Waals surface area contributed by atoms with E-state index in [-0.39, 0.29) is 12.5 Å². The highest BCUT2D eigenvalue weighted by atomic mass is 32.2. The maximum absolute atomic E-state index is 13.5. The molecule has 1 rings (SSSR count). The van der Waals surface area contributed by atoms with Gasteiger partial charge >= 0.3 is 5.69 Å². The topological polar surface area (TPSA) is 113 Å². The number of rotatable bonds is 5. The highest BCUT2D eigenvalue weighted by molar-refractivity contribution is 7.89. The normalized spacial score (nSPS) is 12.7. The highest BCUT2D eigenvalue weighted by Gasteiger charge is 2.27. The van der Waals surface area contributed by atoms with Gasteiger partial charge in [0.05, 0.1) is 17.4 Å². The second-order valence-electron chi connectivity index (χ2n) is 3.88. The summed E-state index contributed by atoms with van der Waals surface area (Å²) in [5, 5.41) is 18.9. The Hall–Kier alpha value is -2.12. The molecule has 20 heavy (non-hydrogen) atoms. The lowest BCUT2D eigenvalue weighted by Gasteiger charge is -2.11. The van der Waals surface area contributed by atoms with Crippen molar-refractivity contribution in [1.82, 2.24) is 4.72 Å². The number of nitrogens with zero attached hydrogens (tertiary/aromatic N) is 2. The summed E-state index contributed by atoms with van der Waals surface area (Å²) in [4.78, 5) is 8.32. The quantitative estimate of drug-likeness (QED) is 0.653. The number of nitro groups is 1. The van der Waals surface area contributed by atoms with E-state index < -0.39 is 43.2 Å². The third-order valence-electron chi connectivity index (χ3n) is 2.24. The van der Waals surface area contributed by atoms with Gasteiger partial charge in [0, 0.05) is 18.2 Å². The molecule has 0 saturated heterocycles. The van der Waals surface area contributed by atoms with E-state index in [1.807, 2.05) is 4.72 Å². The Kier molecular flexibility index (Phi) is 4.69. The molecule has 1 atom stereocenters. The van der Waals surface area contributed by atoms with Gasteiger partial charge in [-0.05, 0) is 6.92 Å². The molecule has 0 amide bonds. The summed E-state index contributed by atoms with van der Waals surface area (Å²) in [7, 11) is -4.43. The monoisotopic (exact) mass is 305 g/mol. The van der Waals surface area contributed by atoms with Gasteiger partial charge < -0.3 is 0 Å². The second kappa shape index (κ2) is 5.89. The van der Waals surface area contributed by atoms with Gasteiger partial charge in [-0.15, -0.1) is 0 Å². The predicted octanol–water partition coefficient (Wildman–Crippen LogP) is 1.45. The number of nitriles is 1. The Morgan fingerprint density at radius 1 is 1.45 bits per heavy atom. The van der Waals surface area contributed by atoms with Gasteiger partial charge in [-0.2, -0.15) is 9.65 Å². The van der Waals surface area contributed by atoms with Crippen LogP contribution in [-0.4, -0.2) is 19.4 Å². The minimum Gasteiger partial charge on any atom is -0.258 e. The van der Waals surface area contributed by atoms with E-state index in [4.69, 9.17) is 5.26 Å². The van der Waals surface area contributed by atoms with E-state index in [9.17, 15) is 27.3 Å². The van der Waals surface area contributed by atoms with Crippen molar-refractivity contribution >= 4 is 15.7 Å². The van der Waals surface area contributed by atoms with E-state index >= 15 is 0 Å². The van der Waals surface area contributed by atoms with Gasteiger partial charge in [0.25, 0.3) is 0 Å². The molecule has 0 bridgehead atoms. The van der Waals surface area contributed by atoms with Crippen LogP contribution in [0, 0.1) is 33.1 Å². The average molecular weight is 305 g/mol. The van der Waals surface area contributed by atoms with Crippen molar-refractivity contribution in [3.63, 3.8) is 0 Å². The SMILES string of the molecule is CC(CC#N)NS(=O)(=O)c1cc([N+](=O)[O-])c(F)cc1F. The van der Waals surface area contributed by atoms with Crippen molar-refractivity contribution in [2.45, 2.75) is 24.3 Å². The van der Waals surface area contributed by atoms with Gasteiger partial charge in [-0.3, -0.25) is 10.1 Å². The molecule has 0 spiro atoms. The first-order chi connectivity index (χ1) is 9.19. The van der Waals surface area contributed by atoms with E-state index in [1.54, 1.807) is 6.07 Å². The van der Waals surface area contributed by atoms with Crippen LogP contribution in [0.5, 0.6) is 0 Å². The Balaban J connectivity index is 3.29. The van der Waals surface area contributed by atoms with Crippen molar-refractivity contribution in [3.05, 3.63) is 33.9 Å². The fourth-order valence-electron chi connectivity index (χ4n) is 1.37. The number of nitro benzene ring substituents is 1. The molecule has 0 radical (unpaired) electrons. The summed E-state index contributed by atoms with van der Waals surface area (Å²) < 4.78 is 52.2. The van der Waals surface area contributed by atoms with Crippen LogP contribution in [-0.2, 0) is 10.0 Å². The molecule has 1 N–H and O–H groups in total. The van der Waals surface area contributed by atoms with Crippen molar-refractivity contribution in [1.29, 1.82) is 5.26 Å². The fraction of sp³-hybridized carbons (Fsp3) is 0.300. The smallest absolute Gasteiger partial charge is 0.258 e. The molecule has 0 aliphatic carbocycles. The van der Waals surface area contributed by atoms with Crippen molar-refractivity contribution < 1.29 is 22.1 Å². The van der Waals surface area contributed by atoms with Gasteiger partial charge in [-0.1, -0.05) is 0 Å². The fourth-order valence-corrected chi connectivity index (χ4v) is 2.69. The molecule has 7 nitrogen and oxygen atoms in total. The summed E-state index contributed by atoms with van der Waals surface area (Å²) in [6, 6.07) is 1.30. The highest BCUT2D eigenvalue weighted by Crippen LogP contribution is 2.24. The lowest BCUT2D eigenvalue weighted by atomic mass is 10.3. The molecule has 10 heteroatoms. The van der Waals surface area contributed by atoms with E-state index in [0.29, 0.717) is 6.07 Å². The Morgan fingerprint density at radius 2 is 2.05 bits per heavy atom. The van der Waals surface area contributed by atoms with Crippen LogP contribution in [0.15, 0.2) is 17.0 Å². The maximum Gasteiger partial charge on any atom is 0.306 e. The molecule has 1 unspecified atom stereocenters. The minimum atomic E-state index is -4.43. The summed E-state index contributed by atoms with van der Waals surface area (Å²) in [6.45, 7) is 1.36. The summed E-state index contributed by atoms with van der Waals surface area (Å²) in [5.74, 6) is -2.93. The van der Waals surface area contributed by atoms with Crippen LogP contribution in [0.25, 0.3) is 0 Å². The van der Waals surface area contributed by atoms with Crippen LogP contribution in [0.2, 0.25) is 0 Å². The van der Waals surface area contributed by atoms with Crippen LogP contribution in [0.4, 0.5) is 14.5 Å². The maximum atomic E-state index is 13.5. The molecule has 0 aliphatic heterocycles. The van der Waals surface area contributed by atoms with Crippen molar-refractivity contribution in [2.75, 3.05) is 0 Å². The predicted molar refractivity (Wildman–Crippen MR) is 63.0 cm³/mol. The summed E-state index contributed by atoms with van der Waals surface area (Å²) in [6.07, 6.45) is -0.176. The molecule has 1 aromatic carbocycles. The Morgan fingerprint density at radius 3 is 2.55 bits per heavy atom. The van der Waals surface area contributed by atoms with Crippen LogP contribution < -0.4 is 4.72 Å². The largest absolute Gasteiger partial charge is 0.306 e. The molecule has 0 aromatic heterocycles. The Labute approximate surface area is 113 Å². The molecule has 0 fully saturated rings. The van der Waals surface area contributed by atoms with Crippen LogP contribution in [0.3, 0.4) is 0 Å². The molecule has 1 aromatic rings. The van der Waals surface area contributed by atoms with E-state index in [2.05, 4.69) is 0 Å². The Bertz CT molecular complexity index is 684. The standard InChI is InChI=1S/C10H9F2N3O4S/c1-6(2-3-13)14-20(18,19)10-5-9(15(16)17)7(11)4-8(10)12/h4-6,14H,2H2,1H3. The van der Waals surface area contributed by atoms with E-state index in [1.165, 1.54) is 6.92 Å². The van der Waals surface area contributed by atoms with Gasteiger partial charge in [0.15, 0.2) is 0 Å². The number of halogens is 2. The number of nitrogens with one attached hydrogen (secondary N) is 1. The van der Waals surface area contributed by atoms with Gasteiger partial charge in [0.1, 0.15) is 10.7 Å². The molecule has 0 saturated carbocycles. The number of hydrogen-bond acceptors (Lipinski definition) is 5. The van der Waals surface area contributed by atoms with Crippen LogP contribution in [0.1, 0.15) is 13.3 Å². The molecule has 0 heterocycles. The zero-order chi connectivity index (χ0) is 15.5. The summed E-state index contributed by atoms with van der Waals surface area (Å²) in [5.41, 5.74) is -1.15. The minimum absolute atomic E-state index is 0.127. The molecular weight excluding hydrogens is 296 g/mol. The second-order valence-corrected chi connectivity index (χ2v) is 5.56. The first kappa shape index (κ1) is 15.9. The molecule has 0 aliphatic rings. The third-order valence-corrected chi connectivity index (χ3v) is 3.85. The summed E-state index contributed by atoms with van der Waals surface area (Å²) >= 11 is 0. The lowest BCUT2D eigenvalue weighted by molar-refractivity contribution is -0.387. The van der Waals surface area contributed by atoms with Gasteiger partial charge in [0.2, 0.25) is 15.8 Å². The lowest BCUT2D eigenvalue weighted by Crippen LogP contribution is -2.32. The number of hydrogen-bond donors (Lipinski definition) is 1. The first-order valence-corrected chi connectivity index (χ1v) is 6.70.